The van der Waals surface area contributed by atoms with E-state index in [2.05, 4.69) is 24.5 Å². The predicted molar refractivity (Wildman–Crippen MR) is 99.7 cm³/mol. The van der Waals surface area contributed by atoms with Gasteiger partial charge in [0.05, 0.1) is 13.2 Å². The monoisotopic (exact) mass is 341 g/mol. The van der Waals surface area contributed by atoms with Gasteiger partial charge in [0.1, 0.15) is 5.75 Å². The number of methoxy groups -OCH3 is 1. The third-order valence-corrected chi connectivity index (χ3v) is 5.12. The summed E-state index contributed by atoms with van der Waals surface area (Å²) in [5.74, 6) is 1.92. The maximum absolute atomic E-state index is 13.0. The number of ether oxygens (including phenoxy) is 1. The maximum Gasteiger partial charge on any atom is 0.254 e. The van der Waals surface area contributed by atoms with Crippen LogP contribution < -0.4 is 4.74 Å². The Morgan fingerprint density at radius 2 is 2.04 bits per heavy atom. The third kappa shape index (κ3) is 3.59. The van der Waals surface area contributed by atoms with Gasteiger partial charge < -0.3 is 9.64 Å². The molecule has 2 aromatic rings. The van der Waals surface area contributed by atoms with E-state index in [9.17, 15) is 4.79 Å². The van der Waals surface area contributed by atoms with Crippen molar-refractivity contribution in [1.29, 1.82) is 0 Å². The molecule has 1 amide bonds. The van der Waals surface area contributed by atoms with Gasteiger partial charge in [-0.05, 0) is 54.5 Å². The van der Waals surface area contributed by atoms with Gasteiger partial charge in [0.25, 0.3) is 5.91 Å². The minimum Gasteiger partial charge on any atom is -0.497 e. The highest BCUT2D eigenvalue weighted by Gasteiger charge is 2.30. The first kappa shape index (κ1) is 16.9. The Bertz CT molecular complexity index is 699. The first-order chi connectivity index (χ1) is 11.7. The highest BCUT2D eigenvalue weighted by Crippen LogP contribution is 2.34. The summed E-state index contributed by atoms with van der Waals surface area (Å²) in [7, 11) is 1.67. The maximum atomic E-state index is 13.0. The molecule has 0 bridgehead atoms. The molecular weight excluding hydrogens is 318 g/mol. The van der Waals surface area contributed by atoms with E-state index >= 15 is 0 Å². The lowest BCUT2D eigenvalue weighted by Crippen LogP contribution is -2.30. The van der Waals surface area contributed by atoms with E-state index in [0.29, 0.717) is 0 Å². The van der Waals surface area contributed by atoms with Crippen LogP contribution in [0.4, 0.5) is 0 Å². The molecule has 2 aromatic carbocycles. The smallest absolute Gasteiger partial charge is 0.254 e. The fraction of sp³-hybridized carbons (Fsp3) is 0.350. The van der Waals surface area contributed by atoms with E-state index in [1.807, 2.05) is 35.2 Å². The fourth-order valence-corrected chi connectivity index (χ4v) is 3.82. The molecule has 0 radical (unpaired) electrons. The lowest BCUT2D eigenvalue weighted by molar-refractivity contribution is 0.0735. The van der Waals surface area contributed by atoms with Crippen molar-refractivity contribution in [1.82, 2.24) is 4.90 Å². The van der Waals surface area contributed by atoms with E-state index in [-0.39, 0.29) is 11.9 Å². The van der Waals surface area contributed by atoms with E-state index in [0.717, 1.165) is 36.5 Å². The molecule has 0 N–H and O–H groups in total. The second kappa shape index (κ2) is 7.75. The third-order valence-electron chi connectivity index (χ3n) is 4.50. The summed E-state index contributed by atoms with van der Waals surface area (Å²) in [6, 6.07) is 16.3. The number of amides is 1. The Labute approximate surface area is 148 Å². The summed E-state index contributed by atoms with van der Waals surface area (Å²) >= 11 is 1.77. The number of carbonyl (C=O) groups is 1. The summed E-state index contributed by atoms with van der Waals surface area (Å²) in [5, 5.41) is 0. The predicted octanol–water partition coefficient (Wildman–Crippen LogP) is 4.54. The lowest BCUT2D eigenvalue weighted by Gasteiger charge is -2.25. The van der Waals surface area contributed by atoms with Gasteiger partial charge in [-0.1, -0.05) is 24.3 Å². The van der Waals surface area contributed by atoms with E-state index in [1.54, 1.807) is 18.9 Å². The largest absolute Gasteiger partial charge is 0.497 e. The van der Waals surface area contributed by atoms with Crippen LogP contribution >= 0.6 is 11.8 Å². The number of thioether (sulfide) groups is 1. The summed E-state index contributed by atoms with van der Waals surface area (Å²) in [6.07, 6.45) is 4.14. The van der Waals surface area contributed by atoms with Gasteiger partial charge in [0, 0.05) is 17.9 Å². The summed E-state index contributed by atoms with van der Waals surface area (Å²) in [5.41, 5.74) is 3.18. The Hall–Kier alpha value is -1.94. The van der Waals surface area contributed by atoms with Crippen LogP contribution in [-0.2, 0) is 5.75 Å². The number of carbonyl (C=O) groups excluding carboxylic acids is 1. The SMILES string of the molecule is COc1ccc(C2CCCN2C(=O)c2cccc(CSC)c2)cc1. The van der Waals surface area contributed by atoms with Gasteiger partial charge in [-0.25, -0.2) is 0 Å². The van der Waals surface area contributed by atoms with Crippen LogP contribution in [0.15, 0.2) is 48.5 Å². The van der Waals surface area contributed by atoms with Crippen molar-refractivity contribution in [2.75, 3.05) is 19.9 Å². The number of rotatable bonds is 5. The summed E-state index contributed by atoms with van der Waals surface area (Å²) in [4.78, 5) is 15.0. The molecule has 0 aromatic heterocycles. The highest BCUT2D eigenvalue weighted by molar-refractivity contribution is 7.97. The molecule has 24 heavy (non-hydrogen) atoms. The molecule has 0 spiro atoms. The van der Waals surface area contributed by atoms with Gasteiger partial charge in [-0.15, -0.1) is 0 Å². The quantitative estimate of drug-likeness (QED) is 0.800. The van der Waals surface area contributed by atoms with Gasteiger partial charge in [0.2, 0.25) is 0 Å². The number of hydrogen-bond donors (Lipinski definition) is 0. The lowest BCUT2D eigenvalue weighted by atomic mass is 10.0. The van der Waals surface area contributed by atoms with Crippen LogP contribution in [0.3, 0.4) is 0 Å². The van der Waals surface area contributed by atoms with Crippen LogP contribution in [-0.4, -0.2) is 30.7 Å². The molecule has 1 aliphatic heterocycles. The normalized spacial score (nSPS) is 17.1. The Morgan fingerprint density at radius 1 is 1.25 bits per heavy atom. The molecule has 4 heteroatoms. The van der Waals surface area contributed by atoms with Gasteiger partial charge in [-0.2, -0.15) is 11.8 Å². The molecule has 0 saturated carbocycles. The molecule has 1 saturated heterocycles. The number of benzene rings is 2. The summed E-state index contributed by atoms with van der Waals surface area (Å²) in [6.45, 7) is 0.822. The van der Waals surface area contributed by atoms with Gasteiger partial charge in [0.15, 0.2) is 0 Å². The van der Waals surface area contributed by atoms with Crippen molar-refractivity contribution < 1.29 is 9.53 Å². The average molecular weight is 341 g/mol. The van der Waals surface area contributed by atoms with Crippen LogP contribution in [0.2, 0.25) is 0 Å². The number of likely N-dealkylation sites (tertiary alicyclic amines) is 1. The Balaban J connectivity index is 1.81. The molecule has 1 fully saturated rings. The van der Waals surface area contributed by atoms with Crippen molar-refractivity contribution in [3.8, 4) is 5.75 Å². The van der Waals surface area contributed by atoms with Crippen molar-refractivity contribution in [3.63, 3.8) is 0 Å². The molecule has 126 valence electrons. The van der Waals surface area contributed by atoms with Crippen LogP contribution in [0.25, 0.3) is 0 Å². The number of nitrogens with zero attached hydrogens (tertiary/aromatic N) is 1. The molecule has 1 unspecified atom stereocenters. The standard InChI is InChI=1S/C20H23NO2S/c1-23-18-10-8-16(9-11-18)19-7-4-12-21(19)20(22)17-6-3-5-15(13-17)14-24-2/h3,5-6,8-11,13,19H,4,7,12,14H2,1-2H3. The van der Waals surface area contributed by atoms with Crippen molar-refractivity contribution in [2.45, 2.75) is 24.6 Å². The zero-order valence-corrected chi connectivity index (χ0v) is 15.0. The van der Waals surface area contributed by atoms with Crippen molar-refractivity contribution >= 4 is 17.7 Å². The molecular formula is C20H23NO2S. The van der Waals surface area contributed by atoms with Crippen LogP contribution in [0.1, 0.15) is 40.4 Å². The average Bonchev–Trinajstić information content (AvgIpc) is 3.11. The Kier molecular flexibility index (Phi) is 5.46. The van der Waals surface area contributed by atoms with E-state index in [4.69, 9.17) is 4.74 Å². The highest BCUT2D eigenvalue weighted by atomic mass is 32.2. The second-order valence-corrected chi connectivity index (χ2v) is 6.93. The summed E-state index contributed by atoms with van der Waals surface area (Å²) < 4.78 is 5.23. The molecule has 1 atom stereocenters. The first-order valence-electron chi connectivity index (χ1n) is 8.25. The minimum absolute atomic E-state index is 0.135. The van der Waals surface area contributed by atoms with Crippen molar-refractivity contribution in [3.05, 3.63) is 65.2 Å². The van der Waals surface area contributed by atoms with Gasteiger partial charge >= 0.3 is 0 Å². The van der Waals surface area contributed by atoms with Crippen LogP contribution in [0.5, 0.6) is 5.75 Å². The number of hydrogen-bond acceptors (Lipinski definition) is 3. The van der Waals surface area contributed by atoms with E-state index < -0.39 is 0 Å². The van der Waals surface area contributed by atoms with Crippen LogP contribution in [0, 0.1) is 0 Å². The topological polar surface area (TPSA) is 29.5 Å². The zero-order chi connectivity index (χ0) is 16.9. The molecule has 3 nitrogen and oxygen atoms in total. The van der Waals surface area contributed by atoms with Gasteiger partial charge in [-0.3, -0.25) is 4.79 Å². The fourth-order valence-electron chi connectivity index (χ4n) is 3.31. The minimum atomic E-state index is 0.135. The Morgan fingerprint density at radius 3 is 2.75 bits per heavy atom. The van der Waals surface area contributed by atoms with Crippen molar-refractivity contribution in [2.24, 2.45) is 0 Å². The second-order valence-electron chi connectivity index (χ2n) is 6.06. The molecule has 0 aliphatic carbocycles. The molecule has 1 aliphatic rings. The zero-order valence-electron chi connectivity index (χ0n) is 14.2. The molecule has 3 rings (SSSR count). The first-order valence-corrected chi connectivity index (χ1v) is 9.65. The molecule has 1 heterocycles. The van der Waals surface area contributed by atoms with E-state index in [1.165, 1.54) is 11.1 Å².